The third-order valence-corrected chi connectivity index (χ3v) is 8.34. The van der Waals surface area contributed by atoms with Gasteiger partial charge in [-0.1, -0.05) is 58.8 Å². The minimum absolute atomic E-state index is 0.0362. The van der Waals surface area contributed by atoms with E-state index in [4.69, 9.17) is 9.47 Å². The Morgan fingerprint density at radius 3 is 2.53 bits per heavy atom. The van der Waals surface area contributed by atoms with Gasteiger partial charge in [0.25, 0.3) is 0 Å². The first-order chi connectivity index (χ1) is 16.3. The Bertz CT molecular complexity index is 887. The predicted molar refractivity (Wildman–Crippen MR) is 126 cm³/mol. The van der Waals surface area contributed by atoms with Crippen molar-refractivity contribution in [2.45, 2.75) is 76.7 Å². The molecule has 188 valence electrons. The van der Waals surface area contributed by atoms with E-state index in [1.54, 1.807) is 15.9 Å². The molecule has 2 saturated heterocycles. The van der Waals surface area contributed by atoms with Crippen LogP contribution in [0.5, 0.6) is 0 Å². The fourth-order valence-corrected chi connectivity index (χ4v) is 6.30. The van der Waals surface area contributed by atoms with Gasteiger partial charge in [-0.25, -0.2) is 0 Å². The van der Waals surface area contributed by atoms with Crippen molar-refractivity contribution in [3.8, 4) is 0 Å². The zero-order chi connectivity index (χ0) is 24.7. The van der Waals surface area contributed by atoms with Gasteiger partial charge in [-0.05, 0) is 24.8 Å². The minimum atomic E-state index is -1.29. The summed E-state index contributed by atoms with van der Waals surface area (Å²) in [6.45, 7) is 8.84. The molecule has 0 saturated carbocycles. The third-order valence-electron chi connectivity index (χ3n) is 8.34. The van der Waals surface area contributed by atoms with Gasteiger partial charge in [-0.15, -0.1) is 0 Å². The summed E-state index contributed by atoms with van der Waals surface area (Å²) in [5, 5.41) is 10.4. The zero-order valence-corrected chi connectivity index (χ0v) is 20.7. The van der Waals surface area contributed by atoms with E-state index in [1.165, 1.54) is 0 Å². The first kappa shape index (κ1) is 24.9. The van der Waals surface area contributed by atoms with Gasteiger partial charge >= 0.3 is 5.97 Å². The second-order valence-corrected chi connectivity index (χ2v) is 10.1. The lowest BCUT2D eigenvalue weighted by atomic mass is 9.73. The van der Waals surface area contributed by atoms with E-state index in [1.807, 2.05) is 39.0 Å². The predicted octanol–water partition coefficient (Wildman–Crippen LogP) is 2.07. The normalized spacial score (nSPS) is 36.5. The quantitative estimate of drug-likeness (QED) is 0.427. The Kier molecular flexibility index (Phi) is 6.93. The van der Waals surface area contributed by atoms with Gasteiger partial charge in [0.15, 0.2) is 0 Å². The van der Waals surface area contributed by atoms with E-state index in [-0.39, 0.29) is 30.9 Å². The number of ether oxygens (including phenoxy) is 2. The van der Waals surface area contributed by atoms with Crippen LogP contribution in [0.25, 0.3) is 0 Å². The van der Waals surface area contributed by atoms with Crippen molar-refractivity contribution < 1.29 is 29.0 Å². The summed E-state index contributed by atoms with van der Waals surface area (Å²) in [7, 11) is 0. The molecule has 0 aromatic carbocycles. The number of fused-ring (bicyclic) bond motifs is 2. The summed E-state index contributed by atoms with van der Waals surface area (Å²) in [5.74, 6) is -2.75. The van der Waals surface area contributed by atoms with Crippen LogP contribution < -0.4 is 0 Å². The number of esters is 1. The average Bonchev–Trinajstić information content (AvgIpc) is 3.11. The van der Waals surface area contributed by atoms with Crippen molar-refractivity contribution in [2.75, 3.05) is 26.3 Å². The fraction of sp³-hybridized carbons (Fsp3) is 0.731. The van der Waals surface area contributed by atoms with Crippen molar-refractivity contribution in [1.29, 1.82) is 0 Å². The molecule has 4 rings (SSSR count). The SMILES string of the molecule is CCCCN1CC=C[C@]23O[C@@]4(CC)C=CCOC(=O)[C@H]4[C@H]2C(=O)N([C@@H](CO)[C@@H](C)CC)C3C1=O. The van der Waals surface area contributed by atoms with Gasteiger partial charge in [0.1, 0.15) is 29.8 Å². The second-order valence-electron chi connectivity index (χ2n) is 10.1. The molecule has 4 aliphatic rings. The minimum Gasteiger partial charge on any atom is -0.461 e. The van der Waals surface area contributed by atoms with Crippen LogP contribution in [0.3, 0.4) is 0 Å². The number of aliphatic hydroxyl groups excluding tert-OH is 1. The molecule has 8 heteroatoms. The molecular weight excluding hydrogens is 436 g/mol. The van der Waals surface area contributed by atoms with E-state index in [0.717, 1.165) is 19.3 Å². The molecule has 1 N–H and O–H groups in total. The first-order valence-corrected chi connectivity index (χ1v) is 12.8. The van der Waals surface area contributed by atoms with Crippen LogP contribution in [0, 0.1) is 17.8 Å². The van der Waals surface area contributed by atoms with E-state index in [0.29, 0.717) is 19.5 Å². The summed E-state index contributed by atoms with van der Waals surface area (Å²) in [5.41, 5.74) is -2.32. The number of unbranched alkanes of at least 4 members (excludes halogenated alkanes) is 1. The second kappa shape index (κ2) is 9.46. The maximum absolute atomic E-state index is 14.2. The Hall–Kier alpha value is -2.19. The van der Waals surface area contributed by atoms with Gasteiger partial charge in [-0.2, -0.15) is 0 Å². The Morgan fingerprint density at radius 1 is 1.12 bits per heavy atom. The van der Waals surface area contributed by atoms with Crippen LogP contribution >= 0.6 is 0 Å². The molecule has 2 fully saturated rings. The number of nitrogens with zero attached hydrogens (tertiary/aromatic N) is 2. The molecule has 0 aliphatic carbocycles. The number of likely N-dealkylation sites (tertiary alicyclic amines) is 1. The molecule has 1 spiro atoms. The smallest absolute Gasteiger partial charge is 0.313 e. The van der Waals surface area contributed by atoms with E-state index < -0.39 is 41.1 Å². The lowest BCUT2D eigenvalue weighted by molar-refractivity contribution is -0.162. The molecule has 7 atom stereocenters. The standard InChI is InChI=1S/C26H38N2O6/c1-5-8-13-27-14-9-12-26-19(20-24(32)33-15-10-11-25(20,7-3)34-26)22(30)28(21(26)23(27)31)18(16-29)17(4)6-2/h9-12,17-21,29H,5-8,13-16H2,1-4H3/t17-,18-,19-,20+,21?,25-,26-/m0/s1. The first-order valence-electron chi connectivity index (χ1n) is 12.8. The van der Waals surface area contributed by atoms with Gasteiger partial charge in [0.2, 0.25) is 11.8 Å². The van der Waals surface area contributed by atoms with Crippen LogP contribution in [0.15, 0.2) is 24.3 Å². The highest BCUT2D eigenvalue weighted by Crippen LogP contribution is 2.59. The molecule has 0 aromatic heterocycles. The highest BCUT2D eigenvalue weighted by Gasteiger charge is 2.76. The van der Waals surface area contributed by atoms with Gasteiger partial charge < -0.3 is 24.4 Å². The highest BCUT2D eigenvalue weighted by molar-refractivity contribution is 5.99. The lowest BCUT2D eigenvalue weighted by Crippen LogP contribution is -2.60. The molecule has 4 heterocycles. The zero-order valence-electron chi connectivity index (χ0n) is 20.7. The van der Waals surface area contributed by atoms with Gasteiger partial charge in [-0.3, -0.25) is 14.4 Å². The van der Waals surface area contributed by atoms with Crippen molar-refractivity contribution >= 4 is 17.8 Å². The van der Waals surface area contributed by atoms with Crippen LogP contribution in [0.4, 0.5) is 0 Å². The number of carbonyl (C=O) groups is 3. The Morgan fingerprint density at radius 2 is 1.88 bits per heavy atom. The molecule has 1 unspecified atom stereocenters. The van der Waals surface area contributed by atoms with Crippen molar-refractivity contribution in [3.05, 3.63) is 24.3 Å². The molecule has 0 radical (unpaired) electrons. The monoisotopic (exact) mass is 474 g/mol. The molecule has 0 aromatic rings. The molecule has 8 nitrogen and oxygen atoms in total. The Labute approximate surface area is 201 Å². The topological polar surface area (TPSA) is 96.4 Å². The molecular formula is C26H38N2O6. The maximum Gasteiger partial charge on any atom is 0.313 e. The number of rotatable bonds is 8. The summed E-state index contributed by atoms with van der Waals surface area (Å²) < 4.78 is 12.3. The Balaban J connectivity index is 1.89. The van der Waals surface area contributed by atoms with E-state index >= 15 is 0 Å². The number of hydrogen-bond donors (Lipinski definition) is 1. The van der Waals surface area contributed by atoms with E-state index in [2.05, 4.69) is 6.92 Å². The van der Waals surface area contributed by atoms with Crippen LogP contribution in [0.2, 0.25) is 0 Å². The maximum atomic E-state index is 14.2. The fourth-order valence-electron chi connectivity index (χ4n) is 6.30. The number of hydrogen-bond acceptors (Lipinski definition) is 6. The van der Waals surface area contributed by atoms with Crippen LogP contribution in [0.1, 0.15) is 53.4 Å². The lowest BCUT2D eigenvalue weighted by Gasteiger charge is -2.42. The van der Waals surface area contributed by atoms with Crippen LogP contribution in [-0.4, -0.2) is 82.3 Å². The number of aliphatic hydroxyl groups is 1. The third kappa shape index (κ3) is 3.52. The molecule has 0 bridgehead atoms. The molecule has 34 heavy (non-hydrogen) atoms. The summed E-state index contributed by atoms with van der Waals surface area (Å²) in [6, 6.07) is -1.49. The summed E-state index contributed by atoms with van der Waals surface area (Å²) >= 11 is 0. The van der Waals surface area contributed by atoms with Crippen molar-refractivity contribution in [1.82, 2.24) is 9.80 Å². The summed E-state index contributed by atoms with van der Waals surface area (Å²) in [4.78, 5) is 44.9. The number of cyclic esters (lactones) is 1. The van der Waals surface area contributed by atoms with Crippen LogP contribution in [-0.2, 0) is 23.9 Å². The summed E-state index contributed by atoms with van der Waals surface area (Å²) in [6.07, 6.45) is 10.4. The van der Waals surface area contributed by atoms with Crippen molar-refractivity contribution in [3.63, 3.8) is 0 Å². The van der Waals surface area contributed by atoms with Gasteiger partial charge in [0, 0.05) is 13.1 Å². The van der Waals surface area contributed by atoms with Gasteiger partial charge in [0.05, 0.1) is 18.6 Å². The highest BCUT2D eigenvalue weighted by atomic mass is 16.6. The number of amides is 2. The average molecular weight is 475 g/mol. The molecule has 4 aliphatic heterocycles. The number of carbonyl (C=O) groups excluding carboxylic acids is 3. The van der Waals surface area contributed by atoms with E-state index in [9.17, 15) is 19.5 Å². The van der Waals surface area contributed by atoms with Crippen molar-refractivity contribution in [2.24, 2.45) is 17.8 Å². The largest absolute Gasteiger partial charge is 0.461 e. The molecule has 2 amide bonds.